The van der Waals surface area contributed by atoms with Gasteiger partial charge in [-0.2, -0.15) is 4.98 Å². The first-order valence-electron chi connectivity index (χ1n) is 23.3. The van der Waals surface area contributed by atoms with Gasteiger partial charge in [-0.3, -0.25) is 19.8 Å². The molecule has 0 bridgehead atoms. The van der Waals surface area contributed by atoms with E-state index in [4.69, 9.17) is 14.5 Å². The third-order valence-electron chi connectivity index (χ3n) is 13.9. The number of aromatic nitrogens is 3. The summed E-state index contributed by atoms with van der Waals surface area (Å²) in [5.74, 6) is -0.193. The van der Waals surface area contributed by atoms with Gasteiger partial charge in [-0.1, -0.05) is 25.5 Å². The summed E-state index contributed by atoms with van der Waals surface area (Å²) < 4.78 is 41.8. The molecule has 0 radical (unpaired) electrons. The first kappa shape index (κ1) is 44.4. The number of nitrogens with one attached hydrogen (secondary N) is 4. The number of H-pyrrole nitrogens is 2. The highest BCUT2D eigenvalue weighted by Crippen LogP contribution is 2.44. The summed E-state index contributed by atoms with van der Waals surface area (Å²) in [5.41, 5.74) is 8.29. The number of fused-ring (bicyclic) bond motifs is 3. The highest BCUT2D eigenvalue weighted by molar-refractivity contribution is 7.90. The fourth-order valence-corrected chi connectivity index (χ4v) is 11.0. The van der Waals surface area contributed by atoms with E-state index in [0.717, 1.165) is 87.5 Å². The molecule has 0 unspecified atom stereocenters. The fraction of sp³-hybridized carbons (Fsp3) is 0.400. The number of hydrogen-bond acceptors (Lipinski definition) is 12. The number of piperazine rings is 1. The molecule has 17 heteroatoms. The van der Waals surface area contributed by atoms with Crippen molar-refractivity contribution in [1.29, 1.82) is 0 Å². The van der Waals surface area contributed by atoms with Crippen molar-refractivity contribution < 1.29 is 27.6 Å². The highest BCUT2D eigenvalue weighted by Gasteiger charge is 2.32. The first-order chi connectivity index (χ1) is 32.4. The summed E-state index contributed by atoms with van der Waals surface area (Å²) in [5, 5.41) is 17.4. The summed E-state index contributed by atoms with van der Waals surface area (Å²) in [6.07, 6.45) is 9.32. The Morgan fingerprint density at radius 1 is 0.910 bits per heavy atom. The van der Waals surface area contributed by atoms with Crippen LogP contribution in [-0.4, -0.2) is 105 Å². The number of carbonyl (C=O) groups excluding carboxylic acids is 1. The van der Waals surface area contributed by atoms with Gasteiger partial charge in [-0.25, -0.2) is 13.1 Å². The minimum Gasteiger partial charge on any atom is -0.476 e. The molecule has 4 aliphatic rings. The van der Waals surface area contributed by atoms with Crippen molar-refractivity contribution in [3.05, 3.63) is 112 Å². The van der Waals surface area contributed by atoms with Gasteiger partial charge >= 0.3 is 0 Å². The molecular formula is C50H57N9O7S. The average molecular weight is 928 g/mol. The lowest BCUT2D eigenvalue weighted by Crippen LogP contribution is -2.47. The van der Waals surface area contributed by atoms with E-state index in [1.54, 1.807) is 12.3 Å². The van der Waals surface area contributed by atoms with Gasteiger partial charge in [0.15, 0.2) is 0 Å². The Morgan fingerprint density at radius 2 is 1.72 bits per heavy atom. The van der Waals surface area contributed by atoms with E-state index in [9.17, 15) is 23.3 Å². The molecule has 2 fully saturated rings. The summed E-state index contributed by atoms with van der Waals surface area (Å²) >= 11 is 0. The van der Waals surface area contributed by atoms with Crippen molar-refractivity contribution >= 4 is 71.9 Å². The molecule has 4 N–H and O–H groups in total. The lowest BCUT2D eigenvalue weighted by Gasteiger charge is -2.39. The third kappa shape index (κ3) is 9.45. The van der Waals surface area contributed by atoms with E-state index in [2.05, 4.69) is 67.9 Å². The second-order valence-corrected chi connectivity index (χ2v) is 20.7. The molecule has 1 aliphatic carbocycles. The minimum atomic E-state index is -4.57. The van der Waals surface area contributed by atoms with Gasteiger partial charge in [0.2, 0.25) is 5.88 Å². The molecule has 0 saturated carbocycles. The summed E-state index contributed by atoms with van der Waals surface area (Å²) in [6, 6.07) is 21.9. The van der Waals surface area contributed by atoms with Crippen molar-refractivity contribution in [2.24, 2.45) is 11.3 Å². The number of benzene rings is 3. The van der Waals surface area contributed by atoms with Crippen LogP contribution in [0.2, 0.25) is 0 Å². The van der Waals surface area contributed by atoms with Gasteiger partial charge in [0.05, 0.1) is 27.7 Å². The van der Waals surface area contributed by atoms with Crippen molar-refractivity contribution in [2.45, 2.75) is 57.3 Å². The Labute approximate surface area is 389 Å². The lowest BCUT2D eigenvalue weighted by molar-refractivity contribution is -0.384. The number of nitrogens with zero attached hydrogens (tertiary/aromatic N) is 5. The second kappa shape index (κ2) is 18.3. The smallest absolute Gasteiger partial charge is 0.293 e. The Bertz CT molecular complexity index is 2980. The number of anilines is 4. The van der Waals surface area contributed by atoms with Crippen molar-refractivity contribution in [3.8, 4) is 5.88 Å². The van der Waals surface area contributed by atoms with Gasteiger partial charge in [0.1, 0.15) is 17.0 Å². The highest BCUT2D eigenvalue weighted by atomic mass is 32.2. The molecule has 350 valence electrons. The number of pyridine rings is 1. The SMILES string of the molecule is CC1(C)CCC(CN2CCN(c3ccc(C(=O)NS(=O)(=O)c4ccc(NCC5CCOCC5)c([N+](=O)[O-])c4)c(N4CCCOc5nc6[nH]ccc6cc54)c3)CC2)=C(c2ccc3[nH]ccc3c2)C1. The Balaban J connectivity index is 0.920. The van der Waals surface area contributed by atoms with Gasteiger partial charge in [0.25, 0.3) is 21.6 Å². The molecule has 2 saturated heterocycles. The molecule has 0 spiro atoms. The molecule has 1 amide bonds. The van der Waals surface area contributed by atoms with Crippen LogP contribution >= 0.6 is 0 Å². The molecule has 6 heterocycles. The molecule has 3 aromatic heterocycles. The number of sulfonamides is 1. The Kier molecular flexibility index (Phi) is 12.2. The summed E-state index contributed by atoms with van der Waals surface area (Å²) in [7, 11) is -4.57. The van der Waals surface area contributed by atoms with Crippen LogP contribution in [0.5, 0.6) is 5.88 Å². The molecular weight excluding hydrogens is 871 g/mol. The van der Waals surface area contributed by atoms with Crippen LogP contribution in [0.25, 0.3) is 27.5 Å². The number of nitro benzene ring substituents is 1. The largest absolute Gasteiger partial charge is 0.476 e. The van der Waals surface area contributed by atoms with Crippen molar-refractivity contribution in [1.82, 2.24) is 24.6 Å². The van der Waals surface area contributed by atoms with Crippen LogP contribution in [0.4, 0.5) is 28.4 Å². The quantitative estimate of drug-likeness (QED) is 0.0676. The van der Waals surface area contributed by atoms with Gasteiger partial charge < -0.3 is 34.6 Å². The normalized spacial score (nSPS) is 18.4. The predicted octanol–water partition coefficient (Wildman–Crippen LogP) is 8.62. The number of amides is 1. The first-order valence-corrected chi connectivity index (χ1v) is 24.8. The lowest BCUT2D eigenvalue weighted by atomic mass is 9.72. The maximum absolute atomic E-state index is 14.4. The zero-order valence-corrected chi connectivity index (χ0v) is 38.8. The van der Waals surface area contributed by atoms with E-state index >= 15 is 0 Å². The van der Waals surface area contributed by atoms with Gasteiger partial charge in [0, 0.05) is 94.1 Å². The predicted molar refractivity (Wildman–Crippen MR) is 261 cm³/mol. The number of allylic oxidation sites excluding steroid dienone is 1. The third-order valence-corrected chi connectivity index (χ3v) is 15.2. The summed E-state index contributed by atoms with van der Waals surface area (Å²) in [4.78, 5) is 43.7. The van der Waals surface area contributed by atoms with Crippen LogP contribution in [0.3, 0.4) is 0 Å². The maximum Gasteiger partial charge on any atom is 0.293 e. The fourth-order valence-electron chi connectivity index (χ4n) is 10.1. The molecule has 10 rings (SSSR count). The summed E-state index contributed by atoms with van der Waals surface area (Å²) in [6.45, 7) is 11.5. The number of aromatic amines is 2. The van der Waals surface area contributed by atoms with Crippen LogP contribution in [0.15, 0.2) is 95.7 Å². The number of rotatable bonds is 12. The minimum absolute atomic E-state index is 0.120. The van der Waals surface area contributed by atoms with E-state index in [1.807, 2.05) is 35.4 Å². The van der Waals surface area contributed by atoms with E-state index < -0.39 is 31.4 Å². The number of hydrogen-bond donors (Lipinski definition) is 4. The molecule has 16 nitrogen and oxygen atoms in total. The number of ether oxygens (including phenoxy) is 2. The molecule has 3 aliphatic heterocycles. The van der Waals surface area contributed by atoms with Crippen molar-refractivity contribution in [2.75, 3.05) is 80.8 Å². The van der Waals surface area contributed by atoms with E-state index in [1.165, 1.54) is 34.2 Å². The monoisotopic (exact) mass is 927 g/mol. The van der Waals surface area contributed by atoms with Crippen molar-refractivity contribution in [3.63, 3.8) is 0 Å². The van der Waals surface area contributed by atoms with Crippen LogP contribution in [-0.2, 0) is 14.8 Å². The number of carbonyl (C=O) groups is 1. The van der Waals surface area contributed by atoms with Crippen LogP contribution in [0, 0.1) is 21.4 Å². The van der Waals surface area contributed by atoms with Crippen LogP contribution < -0.4 is 24.6 Å². The van der Waals surface area contributed by atoms with E-state index in [0.29, 0.717) is 62.2 Å². The average Bonchev–Trinajstić information content (AvgIpc) is 3.95. The maximum atomic E-state index is 14.4. The number of nitro groups is 1. The van der Waals surface area contributed by atoms with Gasteiger partial charge in [-0.05, 0) is 127 Å². The second-order valence-electron chi connectivity index (χ2n) is 19.1. The Morgan fingerprint density at radius 3 is 2.54 bits per heavy atom. The molecule has 67 heavy (non-hydrogen) atoms. The zero-order valence-electron chi connectivity index (χ0n) is 38.0. The molecule has 0 atom stereocenters. The zero-order chi connectivity index (χ0) is 46.3. The van der Waals surface area contributed by atoms with Crippen LogP contribution in [0.1, 0.15) is 68.3 Å². The molecule has 3 aromatic carbocycles. The topological polar surface area (TPSA) is 191 Å². The Hall–Kier alpha value is -6.43. The van der Waals surface area contributed by atoms with Gasteiger partial charge in [-0.15, -0.1) is 0 Å². The van der Waals surface area contributed by atoms with E-state index in [-0.39, 0.29) is 22.6 Å². The molecule has 6 aromatic rings. The standard InChI is InChI=1S/C50H57N9O7S/c1-50(2)15-10-37(41(30-50)34-4-8-42-35(26-34)11-16-51-42)32-56-19-21-57(22-20-56)38-5-7-40(44(28-38)58-18-3-23-66-49-46(58)27-36-12-17-52-47(36)54-49)48(60)55-67(63,64)39-6-9-43(45(29-39)59(61)62)53-31-33-13-24-65-25-14-33/h4-9,11-12,16-17,26-29,33,51,53H,3,10,13-15,18-25,30-32H2,1-2H3,(H,52,54)(H,55,60).